The van der Waals surface area contributed by atoms with Gasteiger partial charge in [0.05, 0.1) is 24.8 Å². The molecule has 2 fully saturated rings. The van der Waals surface area contributed by atoms with Crippen LogP contribution in [-0.4, -0.2) is 48.1 Å². The summed E-state index contributed by atoms with van der Waals surface area (Å²) in [7, 11) is 1.56. The average Bonchev–Trinajstić information content (AvgIpc) is 3.40. The molecule has 1 amide bonds. The van der Waals surface area contributed by atoms with Crippen LogP contribution in [0.3, 0.4) is 0 Å². The zero-order valence-corrected chi connectivity index (χ0v) is 19.6. The standard InChI is InChI=1S/C27H31NO5/c1-27(2,3)19-11-7-17(8-12-19)23-22(24(29)18-9-13-20(32-4)14-10-18)25(30)26(31)28(23)16-21-6-5-15-33-21/h7-14,21,23,29H,5-6,15-16H2,1-4H3/b24-22+/t21-,23+/m0/s1. The lowest BCUT2D eigenvalue weighted by Gasteiger charge is -2.28. The van der Waals surface area contributed by atoms with E-state index < -0.39 is 17.7 Å². The van der Waals surface area contributed by atoms with Gasteiger partial charge in [0.25, 0.3) is 11.7 Å². The third kappa shape index (κ3) is 4.53. The van der Waals surface area contributed by atoms with Crippen molar-refractivity contribution in [2.45, 2.75) is 51.2 Å². The zero-order valence-electron chi connectivity index (χ0n) is 19.6. The molecule has 2 aliphatic rings. The summed E-state index contributed by atoms with van der Waals surface area (Å²) in [4.78, 5) is 27.8. The Morgan fingerprint density at radius 1 is 1.09 bits per heavy atom. The van der Waals surface area contributed by atoms with Gasteiger partial charge in [0, 0.05) is 18.7 Å². The number of Topliss-reactive ketones (excluding diaryl/α,β-unsaturated/α-hetero) is 1. The highest BCUT2D eigenvalue weighted by Gasteiger charge is 2.47. The van der Waals surface area contributed by atoms with Crippen LogP contribution < -0.4 is 4.74 Å². The van der Waals surface area contributed by atoms with Crippen LogP contribution in [0.1, 0.15) is 56.3 Å². The van der Waals surface area contributed by atoms with Crippen molar-refractivity contribution in [3.8, 4) is 5.75 Å². The Kier molecular flexibility index (Phi) is 6.30. The number of carbonyl (C=O) groups excluding carboxylic acids is 2. The van der Waals surface area contributed by atoms with Gasteiger partial charge < -0.3 is 19.5 Å². The zero-order chi connectivity index (χ0) is 23.8. The summed E-state index contributed by atoms with van der Waals surface area (Å²) in [6.45, 7) is 7.38. The van der Waals surface area contributed by atoms with E-state index in [0.29, 0.717) is 24.5 Å². The fraction of sp³-hybridized carbons (Fsp3) is 0.407. The second-order valence-electron chi connectivity index (χ2n) is 9.69. The molecule has 2 atom stereocenters. The van der Waals surface area contributed by atoms with Crippen LogP contribution >= 0.6 is 0 Å². The number of ether oxygens (including phenoxy) is 2. The van der Waals surface area contributed by atoms with Gasteiger partial charge in [0.2, 0.25) is 0 Å². The highest BCUT2D eigenvalue weighted by molar-refractivity contribution is 6.46. The summed E-state index contributed by atoms with van der Waals surface area (Å²) in [6.07, 6.45) is 1.67. The molecule has 1 N–H and O–H groups in total. The third-order valence-electron chi connectivity index (χ3n) is 6.42. The van der Waals surface area contributed by atoms with E-state index in [1.54, 1.807) is 36.3 Å². The minimum atomic E-state index is -0.676. The number of hydrogen-bond donors (Lipinski definition) is 1. The molecular formula is C27H31NO5. The topological polar surface area (TPSA) is 76.1 Å². The molecule has 0 unspecified atom stereocenters. The number of amides is 1. The van der Waals surface area contributed by atoms with Crippen molar-refractivity contribution < 1.29 is 24.2 Å². The summed E-state index contributed by atoms with van der Waals surface area (Å²) in [5.41, 5.74) is 2.47. The Morgan fingerprint density at radius 2 is 1.76 bits per heavy atom. The Hall–Kier alpha value is -3.12. The second-order valence-corrected chi connectivity index (χ2v) is 9.69. The Labute approximate surface area is 194 Å². The molecule has 174 valence electrons. The molecule has 0 saturated carbocycles. The monoisotopic (exact) mass is 449 g/mol. The van der Waals surface area contributed by atoms with Crippen molar-refractivity contribution in [2.75, 3.05) is 20.3 Å². The van der Waals surface area contributed by atoms with E-state index >= 15 is 0 Å². The van der Waals surface area contributed by atoms with Crippen LogP contribution in [0.5, 0.6) is 5.75 Å². The first kappa shape index (κ1) is 23.1. The highest BCUT2D eigenvalue weighted by Crippen LogP contribution is 2.40. The number of likely N-dealkylation sites (tertiary alicyclic amines) is 1. The van der Waals surface area contributed by atoms with Gasteiger partial charge in [0.15, 0.2) is 0 Å². The predicted octanol–water partition coefficient (Wildman–Crippen LogP) is 4.59. The van der Waals surface area contributed by atoms with Gasteiger partial charge in [-0.1, -0.05) is 45.0 Å². The quantitative estimate of drug-likeness (QED) is 0.410. The van der Waals surface area contributed by atoms with Crippen LogP contribution in [0.15, 0.2) is 54.1 Å². The summed E-state index contributed by atoms with van der Waals surface area (Å²) >= 11 is 0. The van der Waals surface area contributed by atoms with Crippen molar-refractivity contribution in [2.24, 2.45) is 0 Å². The molecule has 0 bridgehead atoms. The van der Waals surface area contributed by atoms with E-state index in [2.05, 4.69) is 20.8 Å². The lowest BCUT2D eigenvalue weighted by atomic mass is 9.85. The molecule has 2 aromatic carbocycles. The van der Waals surface area contributed by atoms with Gasteiger partial charge >= 0.3 is 0 Å². The molecule has 33 heavy (non-hydrogen) atoms. The van der Waals surface area contributed by atoms with Crippen LogP contribution in [0.2, 0.25) is 0 Å². The van der Waals surface area contributed by atoms with E-state index in [1.165, 1.54) is 0 Å². The van der Waals surface area contributed by atoms with Gasteiger partial charge in [-0.05, 0) is 53.6 Å². The number of aliphatic hydroxyl groups is 1. The van der Waals surface area contributed by atoms with Gasteiger partial charge in [-0.25, -0.2) is 0 Å². The van der Waals surface area contributed by atoms with Crippen molar-refractivity contribution in [3.05, 3.63) is 70.8 Å². The largest absolute Gasteiger partial charge is 0.507 e. The smallest absolute Gasteiger partial charge is 0.295 e. The molecular weight excluding hydrogens is 418 g/mol. The molecule has 2 heterocycles. The Balaban J connectivity index is 1.80. The van der Waals surface area contributed by atoms with E-state index in [1.807, 2.05) is 24.3 Å². The van der Waals surface area contributed by atoms with Crippen LogP contribution in [0, 0.1) is 0 Å². The van der Waals surface area contributed by atoms with Gasteiger partial charge in [0.1, 0.15) is 11.5 Å². The highest BCUT2D eigenvalue weighted by atomic mass is 16.5. The van der Waals surface area contributed by atoms with Crippen molar-refractivity contribution >= 4 is 17.4 Å². The van der Waals surface area contributed by atoms with Crippen molar-refractivity contribution in [1.29, 1.82) is 0 Å². The van der Waals surface area contributed by atoms with E-state index in [4.69, 9.17) is 9.47 Å². The number of nitrogens with zero attached hydrogens (tertiary/aromatic N) is 1. The van der Waals surface area contributed by atoms with Gasteiger partial charge in [-0.3, -0.25) is 9.59 Å². The molecule has 0 spiro atoms. The fourth-order valence-electron chi connectivity index (χ4n) is 4.49. The maximum atomic E-state index is 13.2. The van der Waals surface area contributed by atoms with Crippen LogP contribution in [0.25, 0.3) is 5.76 Å². The first-order valence-corrected chi connectivity index (χ1v) is 11.4. The van der Waals surface area contributed by atoms with Crippen LogP contribution in [-0.2, 0) is 19.7 Å². The molecule has 0 aromatic heterocycles. The van der Waals surface area contributed by atoms with Crippen molar-refractivity contribution in [1.82, 2.24) is 4.90 Å². The fourth-order valence-corrected chi connectivity index (χ4v) is 4.49. The second kappa shape index (κ2) is 9.02. The van der Waals surface area contributed by atoms with Gasteiger partial charge in [-0.2, -0.15) is 0 Å². The van der Waals surface area contributed by atoms with Gasteiger partial charge in [-0.15, -0.1) is 0 Å². The van der Waals surface area contributed by atoms with E-state index in [-0.39, 0.29) is 22.9 Å². The molecule has 6 nitrogen and oxygen atoms in total. The summed E-state index contributed by atoms with van der Waals surface area (Å²) < 4.78 is 10.9. The average molecular weight is 450 g/mol. The molecule has 6 heteroatoms. The summed E-state index contributed by atoms with van der Waals surface area (Å²) in [5, 5.41) is 11.2. The number of carbonyl (C=O) groups is 2. The molecule has 0 aliphatic carbocycles. The molecule has 4 rings (SSSR count). The number of aliphatic hydroxyl groups excluding tert-OH is 1. The maximum Gasteiger partial charge on any atom is 0.295 e. The molecule has 2 saturated heterocycles. The molecule has 2 aliphatic heterocycles. The first-order valence-electron chi connectivity index (χ1n) is 11.4. The third-order valence-corrected chi connectivity index (χ3v) is 6.42. The minimum Gasteiger partial charge on any atom is -0.507 e. The Bertz CT molecular complexity index is 1060. The molecule has 0 radical (unpaired) electrons. The SMILES string of the molecule is COc1ccc(/C(O)=C2\C(=O)C(=O)N(C[C@@H]3CCCO3)[C@@H]2c2ccc(C(C)(C)C)cc2)cc1. The summed E-state index contributed by atoms with van der Waals surface area (Å²) in [6, 6.07) is 14.1. The number of ketones is 1. The molecule has 2 aromatic rings. The summed E-state index contributed by atoms with van der Waals surface area (Å²) in [5.74, 6) is -0.827. The van der Waals surface area contributed by atoms with Crippen LogP contribution in [0.4, 0.5) is 0 Å². The number of methoxy groups -OCH3 is 1. The predicted molar refractivity (Wildman–Crippen MR) is 126 cm³/mol. The lowest BCUT2D eigenvalue weighted by Crippen LogP contribution is -2.36. The minimum absolute atomic E-state index is 0.0267. The van der Waals surface area contributed by atoms with Crippen molar-refractivity contribution in [3.63, 3.8) is 0 Å². The normalized spacial score (nSPS) is 22.7. The Morgan fingerprint density at radius 3 is 2.30 bits per heavy atom. The number of hydrogen-bond acceptors (Lipinski definition) is 5. The number of benzene rings is 2. The van der Waals surface area contributed by atoms with E-state index in [0.717, 1.165) is 24.0 Å². The number of rotatable bonds is 5. The maximum absolute atomic E-state index is 13.2. The van der Waals surface area contributed by atoms with E-state index in [9.17, 15) is 14.7 Å². The first-order chi connectivity index (χ1) is 15.7. The lowest BCUT2D eigenvalue weighted by molar-refractivity contribution is -0.140.